The maximum Gasteiger partial charge on any atom is 0.204 e. The Kier molecular flexibility index (Phi) is 2.70. The van der Waals surface area contributed by atoms with E-state index in [1.807, 2.05) is 43.3 Å². The average molecular weight is 286 g/mol. The Morgan fingerprint density at radius 2 is 1.73 bits per heavy atom. The summed E-state index contributed by atoms with van der Waals surface area (Å²) in [5.74, 6) is 0.548. The van der Waals surface area contributed by atoms with Gasteiger partial charge in [0.2, 0.25) is 5.78 Å². The zero-order valence-electron chi connectivity index (χ0n) is 12.4. The molecule has 3 nitrogen and oxygen atoms in total. The lowest BCUT2D eigenvalue weighted by Gasteiger charge is -2.15. The highest BCUT2D eigenvalue weighted by atomic mass is 16.1. The molecule has 0 spiro atoms. The summed E-state index contributed by atoms with van der Waals surface area (Å²) in [7, 11) is 0. The van der Waals surface area contributed by atoms with Gasteiger partial charge in [-0.1, -0.05) is 42.5 Å². The lowest BCUT2D eigenvalue weighted by Crippen LogP contribution is -2.09. The van der Waals surface area contributed by atoms with Crippen LogP contribution in [0.5, 0.6) is 0 Å². The number of aromatic nitrogens is 2. The van der Waals surface area contributed by atoms with Gasteiger partial charge in [-0.15, -0.1) is 0 Å². The molecule has 3 aromatic rings. The monoisotopic (exact) mass is 286 g/mol. The Morgan fingerprint density at radius 1 is 0.955 bits per heavy atom. The molecule has 3 heteroatoms. The van der Waals surface area contributed by atoms with Crippen LogP contribution in [0.4, 0.5) is 0 Å². The number of carbonyl (C=O) groups is 1. The van der Waals surface area contributed by atoms with Crippen LogP contribution in [0.1, 0.15) is 27.2 Å². The van der Waals surface area contributed by atoms with Gasteiger partial charge in [-0.05, 0) is 36.6 Å². The molecule has 0 bridgehead atoms. The normalized spacial score (nSPS) is 12.9. The van der Waals surface area contributed by atoms with Crippen LogP contribution in [0.25, 0.3) is 28.4 Å². The summed E-state index contributed by atoms with van der Waals surface area (Å²) >= 11 is 0. The van der Waals surface area contributed by atoms with Gasteiger partial charge in [-0.25, -0.2) is 9.97 Å². The first-order chi connectivity index (χ1) is 10.6. The van der Waals surface area contributed by atoms with E-state index < -0.39 is 0 Å². The molecule has 0 fully saturated rings. The Bertz CT molecular complexity index is 956. The molecular formula is C19H14N2O. The van der Waals surface area contributed by atoms with Crippen molar-refractivity contribution < 1.29 is 4.79 Å². The molecule has 0 unspecified atom stereocenters. The topological polar surface area (TPSA) is 42.9 Å². The van der Waals surface area contributed by atoms with E-state index in [0.717, 1.165) is 27.6 Å². The summed E-state index contributed by atoms with van der Waals surface area (Å²) in [6.45, 7) is 4.11. The van der Waals surface area contributed by atoms with E-state index in [1.54, 1.807) is 6.08 Å². The fourth-order valence-corrected chi connectivity index (χ4v) is 2.88. The number of hydrogen-bond acceptors (Lipinski definition) is 3. The second-order valence-corrected chi connectivity index (χ2v) is 5.59. The first-order valence-corrected chi connectivity index (χ1v) is 7.25. The molecule has 0 saturated carbocycles. The first-order valence-electron chi connectivity index (χ1n) is 7.25. The third kappa shape index (κ3) is 1.79. The number of ketones is 1. The zero-order chi connectivity index (χ0) is 15.3. The van der Waals surface area contributed by atoms with Gasteiger partial charge in [-0.3, -0.25) is 4.79 Å². The molecule has 0 amide bonds. The summed E-state index contributed by atoms with van der Waals surface area (Å²) in [6, 6.07) is 11.9. The van der Waals surface area contributed by atoms with Crippen molar-refractivity contribution in [2.75, 3.05) is 0 Å². The molecule has 106 valence electrons. The van der Waals surface area contributed by atoms with Crippen LogP contribution in [0.2, 0.25) is 0 Å². The summed E-state index contributed by atoms with van der Waals surface area (Å²) < 4.78 is 0. The van der Waals surface area contributed by atoms with Crippen LogP contribution in [-0.2, 0) is 0 Å². The van der Waals surface area contributed by atoms with E-state index in [4.69, 9.17) is 4.98 Å². The molecule has 1 aliphatic rings. The van der Waals surface area contributed by atoms with Crippen LogP contribution in [-0.4, -0.2) is 15.8 Å². The highest BCUT2D eigenvalue weighted by molar-refractivity contribution is 6.18. The third-order valence-corrected chi connectivity index (χ3v) is 4.20. The van der Waals surface area contributed by atoms with Crippen LogP contribution in [0.3, 0.4) is 0 Å². The Hall–Kier alpha value is -2.81. The Balaban J connectivity index is 2.14. The SMILES string of the molecule is Cc1cc2c3c(nc(-c4ccccc4)nc3c1C)C(=O)C=C2. The van der Waals surface area contributed by atoms with E-state index >= 15 is 0 Å². The van der Waals surface area contributed by atoms with Crippen molar-refractivity contribution in [1.29, 1.82) is 0 Å². The summed E-state index contributed by atoms with van der Waals surface area (Å²) in [4.78, 5) is 21.6. The Labute approximate surface area is 128 Å². The highest BCUT2D eigenvalue weighted by Crippen LogP contribution is 2.32. The summed E-state index contributed by atoms with van der Waals surface area (Å²) in [5, 5.41) is 0.871. The van der Waals surface area contributed by atoms with Gasteiger partial charge in [0, 0.05) is 10.9 Å². The second-order valence-electron chi connectivity index (χ2n) is 5.59. The van der Waals surface area contributed by atoms with E-state index in [1.165, 1.54) is 5.56 Å². The second kappa shape index (κ2) is 4.60. The largest absolute Gasteiger partial charge is 0.288 e. The van der Waals surface area contributed by atoms with Crippen LogP contribution in [0.15, 0.2) is 42.5 Å². The van der Waals surface area contributed by atoms with E-state index in [9.17, 15) is 4.79 Å². The van der Waals surface area contributed by atoms with Gasteiger partial charge in [0.15, 0.2) is 5.82 Å². The fourth-order valence-electron chi connectivity index (χ4n) is 2.88. The van der Waals surface area contributed by atoms with Gasteiger partial charge < -0.3 is 0 Å². The molecular weight excluding hydrogens is 272 g/mol. The molecule has 4 rings (SSSR count). The standard InChI is InChI=1S/C19H14N2O/c1-11-10-14-8-9-15(22)18-16(14)17(12(11)2)20-19(21-18)13-6-4-3-5-7-13/h3-10H,1-2H3. The highest BCUT2D eigenvalue weighted by Gasteiger charge is 2.21. The number of rotatable bonds is 1. The van der Waals surface area contributed by atoms with Crippen LogP contribution < -0.4 is 0 Å². The quantitative estimate of drug-likeness (QED) is 0.675. The van der Waals surface area contributed by atoms with E-state index in [2.05, 4.69) is 18.0 Å². The molecule has 0 N–H and O–H groups in total. The van der Waals surface area contributed by atoms with Crippen molar-refractivity contribution >= 4 is 22.8 Å². The van der Waals surface area contributed by atoms with Crippen molar-refractivity contribution in [3.05, 3.63) is 64.9 Å². The number of hydrogen-bond donors (Lipinski definition) is 0. The van der Waals surface area contributed by atoms with Crippen molar-refractivity contribution in [2.24, 2.45) is 0 Å². The van der Waals surface area contributed by atoms with Crippen molar-refractivity contribution in [3.63, 3.8) is 0 Å². The van der Waals surface area contributed by atoms with Gasteiger partial charge in [-0.2, -0.15) is 0 Å². The number of benzene rings is 2. The molecule has 0 saturated heterocycles. The molecule has 0 aliphatic heterocycles. The van der Waals surface area contributed by atoms with Crippen molar-refractivity contribution in [2.45, 2.75) is 13.8 Å². The smallest absolute Gasteiger partial charge is 0.204 e. The molecule has 0 atom stereocenters. The number of nitrogens with zero attached hydrogens (tertiary/aromatic N) is 2. The fraction of sp³-hybridized carbons (Fsp3) is 0.105. The minimum atomic E-state index is -0.0552. The van der Waals surface area contributed by atoms with Crippen LogP contribution >= 0.6 is 0 Å². The first kappa shape index (κ1) is 12.9. The summed E-state index contributed by atoms with van der Waals surface area (Å²) in [6.07, 6.45) is 3.45. The maximum atomic E-state index is 12.3. The Morgan fingerprint density at radius 3 is 2.50 bits per heavy atom. The predicted octanol–water partition coefficient (Wildman–Crippen LogP) is 4.12. The molecule has 2 aromatic carbocycles. The van der Waals surface area contributed by atoms with E-state index in [-0.39, 0.29) is 5.78 Å². The molecule has 22 heavy (non-hydrogen) atoms. The minimum Gasteiger partial charge on any atom is -0.288 e. The number of aryl methyl sites for hydroxylation is 2. The maximum absolute atomic E-state index is 12.3. The molecule has 0 radical (unpaired) electrons. The lowest BCUT2D eigenvalue weighted by atomic mass is 9.93. The van der Waals surface area contributed by atoms with Crippen molar-refractivity contribution in [3.8, 4) is 11.4 Å². The molecule has 1 aromatic heterocycles. The third-order valence-electron chi connectivity index (χ3n) is 4.20. The predicted molar refractivity (Wildman–Crippen MR) is 87.8 cm³/mol. The van der Waals surface area contributed by atoms with Crippen molar-refractivity contribution in [1.82, 2.24) is 9.97 Å². The number of carbonyl (C=O) groups excluding carboxylic acids is 1. The van der Waals surface area contributed by atoms with Gasteiger partial charge >= 0.3 is 0 Å². The van der Waals surface area contributed by atoms with Gasteiger partial charge in [0.1, 0.15) is 5.69 Å². The van der Waals surface area contributed by atoms with Crippen LogP contribution in [0, 0.1) is 13.8 Å². The van der Waals surface area contributed by atoms with Gasteiger partial charge in [0.05, 0.1) is 5.52 Å². The molecule has 1 aliphatic carbocycles. The zero-order valence-corrected chi connectivity index (χ0v) is 12.4. The lowest BCUT2D eigenvalue weighted by molar-refractivity contribution is 0.104. The van der Waals surface area contributed by atoms with Gasteiger partial charge in [0.25, 0.3) is 0 Å². The molecule has 1 heterocycles. The average Bonchev–Trinajstić information content (AvgIpc) is 2.56. The van der Waals surface area contributed by atoms with E-state index in [0.29, 0.717) is 11.5 Å². The minimum absolute atomic E-state index is 0.0552. The number of allylic oxidation sites excluding steroid dienone is 1. The summed E-state index contributed by atoms with van der Waals surface area (Å²) in [5.41, 5.74) is 5.59.